The summed E-state index contributed by atoms with van der Waals surface area (Å²) in [7, 11) is 0. The molecule has 2 heterocycles. The predicted octanol–water partition coefficient (Wildman–Crippen LogP) is 1.66. The van der Waals surface area contributed by atoms with Gasteiger partial charge in [0.05, 0.1) is 12.2 Å². The van der Waals surface area contributed by atoms with E-state index in [4.69, 9.17) is 15.2 Å². The Morgan fingerprint density at radius 1 is 1.05 bits per heavy atom. The summed E-state index contributed by atoms with van der Waals surface area (Å²) in [5.74, 6) is 0.915. The molecule has 1 spiro atoms. The van der Waals surface area contributed by atoms with Crippen LogP contribution in [-0.2, 0) is 14.3 Å². The van der Waals surface area contributed by atoms with E-state index in [0.717, 1.165) is 51.6 Å². The van der Waals surface area contributed by atoms with E-state index in [0.29, 0.717) is 25.0 Å². The summed E-state index contributed by atoms with van der Waals surface area (Å²) in [4.78, 5) is 12.7. The fourth-order valence-corrected chi connectivity index (χ4v) is 3.87. The van der Waals surface area contributed by atoms with Crippen LogP contribution in [0, 0.1) is 11.8 Å². The summed E-state index contributed by atoms with van der Waals surface area (Å²) in [6.07, 6.45) is 6.70. The van der Waals surface area contributed by atoms with E-state index in [1.54, 1.807) is 0 Å². The van der Waals surface area contributed by atoms with Gasteiger partial charge in [-0.05, 0) is 38.5 Å². The first kappa shape index (κ1) is 13.5. The standard InChI is InChI=1S/C15H25NO3/c16-13-3-1-11(2-4-13)14(17)12-5-7-19-15(9-12)6-8-18-10-15/h11-13H,1-10,16H2. The highest BCUT2D eigenvalue weighted by Gasteiger charge is 2.44. The number of nitrogens with two attached hydrogens (primary N) is 1. The Morgan fingerprint density at radius 3 is 2.53 bits per heavy atom. The van der Waals surface area contributed by atoms with Crippen LogP contribution in [0.5, 0.6) is 0 Å². The van der Waals surface area contributed by atoms with Gasteiger partial charge >= 0.3 is 0 Å². The molecule has 3 fully saturated rings. The molecule has 0 radical (unpaired) electrons. The Balaban J connectivity index is 1.60. The fraction of sp³-hybridized carbons (Fsp3) is 0.933. The molecular weight excluding hydrogens is 242 g/mol. The van der Waals surface area contributed by atoms with Crippen LogP contribution < -0.4 is 5.73 Å². The molecule has 2 saturated heterocycles. The molecule has 108 valence electrons. The van der Waals surface area contributed by atoms with E-state index in [9.17, 15) is 4.79 Å². The number of carbonyl (C=O) groups is 1. The smallest absolute Gasteiger partial charge is 0.139 e. The highest BCUT2D eigenvalue weighted by molar-refractivity contribution is 5.83. The third-order valence-corrected chi connectivity index (χ3v) is 5.14. The molecule has 4 heteroatoms. The number of rotatable bonds is 2. The minimum absolute atomic E-state index is 0.149. The van der Waals surface area contributed by atoms with Gasteiger partial charge in [-0.15, -0.1) is 0 Å². The maximum atomic E-state index is 12.7. The molecule has 4 nitrogen and oxygen atoms in total. The average Bonchev–Trinajstić information content (AvgIpc) is 2.87. The molecule has 2 N–H and O–H groups in total. The molecule has 0 aromatic carbocycles. The van der Waals surface area contributed by atoms with Crippen LogP contribution in [-0.4, -0.2) is 37.2 Å². The van der Waals surface area contributed by atoms with Crippen molar-refractivity contribution in [3.8, 4) is 0 Å². The van der Waals surface area contributed by atoms with Gasteiger partial charge in [-0.1, -0.05) is 0 Å². The third kappa shape index (κ3) is 2.86. The molecule has 3 aliphatic rings. The van der Waals surface area contributed by atoms with Crippen LogP contribution in [0.25, 0.3) is 0 Å². The van der Waals surface area contributed by atoms with Gasteiger partial charge in [0.25, 0.3) is 0 Å². The Morgan fingerprint density at radius 2 is 1.84 bits per heavy atom. The second-order valence-electron chi connectivity index (χ2n) is 6.54. The Labute approximate surface area is 115 Å². The zero-order chi connectivity index (χ0) is 13.3. The van der Waals surface area contributed by atoms with Crippen molar-refractivity contribution in [2.45, 2.75) is 56.6 Å². The van der Waals surface area contributed by atoms with E-state index in [1.165, 1.54) is 0 Å². The van der Waals surface area contributed by atoms with E-state index < -0.39 is 0 Å². The van der Waals surface area contributed by atoms with Gasteiger partial charge in [0.2, 0.25) is 0 Å². The van der Waals surface area contributed by atoms with Crippen LogP contribution in [0.4, 0.5) is 0 Å². The topological polar surface area (TPSA) is 61.6 Å². The molecular formula is C15H25NO3. The van der Waals surface area contributed by atoms with Crippen LogP contribution in [0.15, 0.2) is 0 Å². The second kappa shape index (κ2) is 5.51. The number of ketones is 1. The zero-order valence-electron chi connectivity index (χ0n) is 11.6. The van der Waals surface area contributed by atoms with E-state index in [1.807, 2.05) is 0 Å². The van der Waals surface area contributed by atoms with Crippen molar-refractivity contribution in [1.82, 2.24) is 0 Å². The Kier molecular flexibility index (Phi) is 3.92. The van der Waals surface area contributed by atoms with Crippen LogP contribution in [0.1, 0.15) is 44.9 Å². The summed E-state index contributed by atoms with van der Waals surface area (Å²) < 4.78 is 11.4. The third-order valence-electron chi connectivity index (χ3n) is 5.14. The van der Waals surface area contributed by atoms with Crippen molar-refractivity contribution in [2.75, 3.05) is 19.8 Å². The maximum absolute atomic E-state index is 12.7. The monoisotopic (exact) mass is 267 g/mol. The van der Waals surface area contributed by atoms with Gasteiger partial charge in [-0.2, -0.15) is 0 Å². The lowest BCUT2D eigenvalue weighted by molar-refractivity contribution is -0.141. The Hall–Kier alpha value is -0.450. The van der Waals surface area contributed by atoms with E-state index in [2.05, 4.69) is 0 Å². The van der Waals surface area contributed by atoms with Gasteiger partial charge < -0.3 is 15.2 Å². The van der Waals surface area contributed by atoms with Crippen molar-refractivity contribution in [3.05, 3.63) is 0 Å². The van der Waals surface area contributed by atoms with Crippen molar-refractivity contribution in [1.29, 1.82) is 0 Å². The lowest BCUT2D eigenvalue weighted by Crippen LogP contribution is -2.44. The van der Waals surface area contributed by atoms with Gasteiger partial charge in [-0.3, -0.25) is 4.79 Å². The van der Waals surface area contributed by atoms with Gasteiger partial charge in [0.15, 0.2) is 0 Å². The molecule has 0 aromatic rings. The average molecular weight is 267 g/mol. The first-order chi connectivity index (χ1) is 9.19. The highest BCUT2D eigenvalue weighted by atomic mass is 16.6. The minimum Gasteiger partial charge on any atom is -0.378 e. The van der Waals surface area contributed by atoms with Crippen molar-refractivity contribution in [2.24, 2.45) is 17.6 Å². The van der Waals surface area contributed by atoms with Crippen LogP contribution in [0.2, 0.25) is 0 Å². The molecule has 1 aliphatic carbocycles. The van der Waals surface area contributed by atoms with E-state index >= 15 is 0 Å². The summed E-state index contributed by atoms with van der Waals surface area (Å²) in [5.41, 5.74) is 5.77. The maximum Gasteiger partial charge on any atom is 0.139 e. The minimum atomic E-state index is -0.149. The van der Waals surface area contributed by atoms with Gasteiger partial charge in [-0.25, -0.2) is 0 Å². The molecule has 19 heavy (non-hydrogen) atoms. The molecule has 3 rings (SSSR count). The molecule has 2 atom stereocenters. The number of Topliss-reactive ketones (excluding diaryl/α,β-unsaturated/α-hetero) is 1. The molecule has 1 saturated carbocycles. The van der Waals surface area contributed by atoms with Crippen LogP contribution >= 0.6 is 0 Å². The first-order valence-corrected chi connectivity index (χ1v) is 7.70. The summed E-state index contributed by atoms with van der Waals surface area (Å²) in [6.45, 7) is 2.16. The van der Waals surface area contributed by atoms with Crippen molar-refractivity contribution in [3.63, 3.8) is 0 Å². The highest BCUT2D eigenvalue weighted by Crippen LogP contribution is 2.38. The number of hydrogen-bond acceptors (Lipinski definition) is 4. The summed E-state index contributed by atoms with van der Waals surface area (Å²) in [6, 6.07) is 0.313. The predicted molar refractivity (Wildman–Crippen MR) is 71.8 cm³/mol. The van der Waals surface area contributed by atoms with Gasteiger partial charge in [0, 0.05) is 37.5 Å². The lowest BCUT2D eigenvalue weighted by Gasteiger charge is -2.38. The quantitative estimate of drug-likeness (QED) is 0.826. The molecule has 0 bridgehead atoms. The van der Waals surface area contributed by atoms with Crippen molar-refractivity contribution >= 4 is 5.78 Å². The molecule has 2 unspecified atom stereocenters. The summed E-state index contributed by atoms with van der Waals surface area (Å²) in [5, 5.41) is 0. The normalized spacial score (nSPS) is 43.5. The number of ether oxygens (including phenoxy) is 2. The Bertz CT molecular complexity index is 330. The molecule has 0 amide bonds. The first-order valence-electron chi connectivity index (χ1n) is 7.70. The molecule has 2 aliphatic heterocycles. The van der Waals surface area contributed by atoms with Gasteiger partial charge in [0.1, 0.15) is 5.78 Å². The molecule has 0 aromatic heterocycles. The number of hydrogen-bond donors (Lipinski definition) is 1. The number of carbonyl (C=O) groups excluding carboxylic acids is 1. The largest absolute Gasteiger partial charge is 0.378 e. The second-order valence-corrected chi connectivity index (χ2v) is 6.54. The summed E-state index contributed by atoms with van der Waals surface area (Å²) >= 11 is 0. The van der Waals surface area contributed by atoms with Crippen molar-refractivity contribution < 1.29 is 14.3 Å². The lowest BCUT2D eigenvalue weighted by atomic mass is 9.75. The SMILES string of the molecule is NC1CCC(C(=O)C2CCOC3(CCOC3)C2)CC1. The zero-order valence-corrected chi connectivity index (χ0v) is 11.6. The fourth-order valence-electron chi connectivity index (χ4n) is 3.87. The van der Waals surface area contributed by atoms with E-state index in [-0.39, 0.29) is 17.4 Å². The van der Waals surface area contributed by atoms with Crippen LogP contribution in [0.3, 0.4) is 0 Å².